The number of halogens is 1. The van der Waals surface area contributed by atoms with Gasteiger partial charge in [0, 0.05) is 17.5 Å². The number of hydrogen-bond acceptors (Lipinski definition) is 5. The van der Waals surface area contributed by atoms with Crippen molar-refractivity contribution in [3.63, 3.8) is 0 Å². The highest BCUT2D eigenvalue weighted by Crippen LogP contribution is 2.22. The van der Waals surface area contributed by atoms with Crippen molar-refractivity contribution >= 4 is 34.8 Å². The summed E-state index contributed by atoms with van der Waals surface area (Å²) in [5.41, 5.74) is 1.97. The van der Waals surface area contributed by atoms with E-state index in [0.717, 1.165) is 36.4 Å². The summed E-state index contributed by atoms with van der Waals surface area (Å²) in [7, 11) is 0. The van der Waals surface area contributed by atoms with E-state index in [-0.39, 0.29) is 23.9 Å². The molecule has 0 aliphatic heterocycles. The molecule has 2 amide bonds. The third-order valence-corrected chi connectivity index (χ3v) is 6.84. The highest BCUT2D eigenvalue weighted by Gasteiger charge is 2.29. The van der Waals surface area contributed by atoms with E-state index in [0.29, 0.717) is 22.9 Å². The lowest BCUT2D eigenvalue weighted by atomic mass is 9.90. The normalized spacial score (nSPS) is 17.9. The topological polar surface area (TPSA) is 80.3 Å². The zero-order valence-electron chi connectivity index (χ0n) is 18.3. The first-order chi connectivity index (χ1) is 16.0. The lowest BCUT2D eigenvalue weighted by Crippen LogP contribution is -2.53. The maximum Gasteiger partial charge on any atom is 0.271 e. The van der Waals surface area contributed by atoms with Crippen molar-refractivity contribution in [2.24, 2.45) is 0 Å². The third-order valence-electron chi connectivity index (χ3n) is 5.69. The summed E-state index contributed by atoms with van der Waals surface area (Å²) >= 11 is 7.55. The van der Waals surface area contributed by atoms with Crippen LogP contribution in [0.3, 0.4) is 0 Å². The van der Waals surface area contributed by atoms with Crippen molar-refractivity contribution in [1.29, 1.82) is 0 Å². The number of nitrogens with zero attached hydrogens (tertiary/aromatic N) is 1. The SMILES string of the molecule is Cc1ccc(OCc2nc(C(=O)N[C@H]3CCCC[C@@H]3NC(=O)c3ccccc3Cl)cs2)cc1. The van der Waals surface area contributed by atoms with Crippen LogP contribution in [-0.2, 0) is 6.61 Å². The molecule has 33 heavy (non-hydrogen) atoms. The number of aromatic nitrogens is 1. The van der Waals surface area contributed by atoms with E-state index < -0.39 is 0 Å². The van der Waals surface area contributed by atoms with Crippen LogP contribution in [0.25, 0.3) is 0 Å². The molecule has 1 aromatic heterocycles. The number of carbonyl (C=O) groups is 2. The minimum Gasteiger partial charge on any atom is -0.486 e. The molecule has 1 saturated carbocycles. The van der Waals surface area contributed by atoms with Crippen LogP contribution in [0, 0.1) is 6.92 Å². The average Bonchev–Trinajstić information content (AvgIpc) is 3.29. The molecule has 2 aromatic carbocycles. The van der Waals surface area contributed by atoms with Crippen molar-refractivity contribution in [2.75, 3.05) is 0 Å². The molecule has 0 unspecified atom stereocenters. The zero-order valence-corrected chi connectivity index (χ0v) is 19.9. The predicted octanol–water partition coefficient (Wildman–Crippen LogP) is 5.15. The Morgan fingerprint density at radius 2 is 1.70 bits per heavy atom. The minimum atomic E-state index is -0.239. The second kappa shape index (κ2) is 10.8. The van der Waals surface area contributed by atoms with Crippen molar-refractivity contribution in [1.82, 2.24) is 15.6 Å². The van der Waals surface area contributed by atoms with Gasteiger partial charge in [-0.05, 0) is 44.0 Å². The summed E-state index contributed by atoms with van der Waals surface area (Å²) < 4.78 is 5.76. The van der Waals surface area contributed by atoms with Gasteiger partial charge in [0.1, 0.15) is 23.1 Å². The fraction of sp³-hybridized carbons (Fsp3) is 0.320. The van der Waals surface area contributed by atoms with Crippen LogP contribution < -0.4 is 15.4 Å². The number of amides is 2. The standard InChI is InChI=1S/C25H26ClN3O3S/c1-16-10-12-17(13-11-16)32-14-23-27-22(15-33-23)25(31)29-21-9-5-4-8-20(21)28-24(30)18-6-2-3-7-19(18)26/h2-3,6-7,10-13,15,20-21H,4-5,8-9,14H2,1H3,(H,28,30)(H,29,31)/t20-,21-/m0/s1. The first-order valence-corrected chi connectivity index (χ1v) is 12.3. The van der Waals surface area contributed by atoms with E-state index in [2.05, 4.69) is 15.6 Å². The van der Waals surface area contributed by atoms with E-state index in [1.807, 2.05) is 31.2 Å². The van der Waals surface area contributed by atoms with Crippen LogP contribution in [0.4, 0.5) is 0 Å². The average molecular weight is 484 g/mol. The van der Waals surface area contributed by atoms with Gasteiger partial charge in [-0.15, -0.1) is 11.3 Å². The number of nitrogens with one attached hydrogen (secondary N) is 2. The van der Waals surface area contributed by atoms with Crippen molar-refractivity contribution in [3.8, 4) is 5.75 Å². The fourth-order valence-electron chi connectivity index (χ4n) is 3.87. The van der Waals surface area contributed by atoms with Crippen LogP contribution in [-0.4, -0.2) is 28.9 Å². The van der Waals surface area contributed by atoms with Gasteiger partial charge >= 0.3 is 0 Å². The Labute approximate surface area is 202 Å². The van der Waals surface area contributed by atoms with Crippen LogP contribution in [0.1, 0.15) is 57.1 Å². The number of ether oxygens (including phenoxy) is 1. The Morgan fingerprint density at radius 1 is 1.03 bits per heavy atom. The third kappa shape index (κ3) is 6.12. The van der Waals surface area contributed by atoms with E-state index in [9.17, 15) is 9.59 Å². The molecule has 2 atom stereocenters. The summed E-state index contributed by atoms with van der Waals surface area (Å²) in [5, 5.41) is 9.00. The zero-order chi connectivity index (χ0) is 23.2. The fourth-order valence-corrected chi connectivity index (χ4v) is 4.78. The Hall–Kier alpha value is -2.90. The van der Waals surface area contributed by atoms with Gasteiger partial charge in [0.2, 0.25) is 0 Å². The van der Waals surface area contributed by atoms with Crippen molar-refractivity contribution in [2.45, 2.75) is 51.3 Å². The molecule has 4 rings (SSSR count). The molecule has 8 heteroatoms. The van der Waals surface area contributed by atoms with Gasteiger partial charge in [-0.1, -0.05) is 54.3 Å². The van der Waals surface area contributed by atoms with Gasteiger partial charge in [0.05, 0.1) is 10.6 Å². The van der Waals surface area contributed by atoms with Crippen molar-refractivity contribution in [3.05, 3.63) is 80.8 Å². The lowest BCUT2D eigenvalue weighted by Gasteiger charge is -2.32. The largest absolute Gasteiger partial charge is 0.486 e. The molecule has 1 aliphatic carbocycles. The van der Waals surface area contributed by atoms with Gasteiger partial charge in [-0.2, -0.15) is 0 Å². The second-order valence-corrected chi connectivity index (χ2v) is 9.50. The maximum absolute atomic E-state index is 12.9. The van der Waals surface area contributed by atoms with E-state index in [4.69, 9.17) is 16.3 Å². The van der Waals surface area contributed by atoms with Crippen LogP contribution >= 0.6 is 22.9 Å². The maximum atomic E-state index is 12.9. The second-order valence-electron chi connectivity index (χ2n) is 8.15. The summed E-state index contributed by atoms with van der Waals surface area (Å²) in [4.78, 5) is 30.0. The number of rotatable bonds is 7. The highest BCUT2D eigenvalue weighted by molar-refractivity contribution is 7.09. The Kier molecular flexibility index (Phi) is 7.62. The number of aryl methyl sites for hydroxylation is 1. The highest BCUT2D eigenvalue weighted by atomic mass is 35.5. The Bertz CT molecular complexity index is 1120. The summed E-state index contributed by atoms with van der Waals surface area (Å²) in [6.07, 6.45) is 3.59. The van der Waals surface area contributed by atoms with Gasteiger partial charge in [0.15, 0.2) is 0 Å². The molecule has 172 valence electrons. The summed E-state index contributed by atoms with van der Waals surface area (Å²) in [6.45, 7) is 2.33. The predicted molar refractivity (Wildman–Crippen MR) is 130 cm³/mol. The quantitative estimate of drug-likeness (QED) is 0.486. The van der Waals surface area contributed by atoms with Gasteiger partial charge < -0.3 is 15.4 Å². The van der Waals surface area contributed by atoms with Crippen molar-refractivity contribution < 1.29 is 14.3 Å². The number of thiazole rings is 1. The number of carbonyl (C=O) groups excluding carboxylic acids is 2. The molecular weight excluding hydrogens is 458 g/mol. The molecule has 2 N–H and O–H groups in total. The number of hydrogen-bond donors (Lipinski definition) is 2. The summed E-state index contributed by atoms with van der Waals surface area (Å²) in [6, 6.07) is 14.4. The smallest absolute Gasteiger partial charge is 0.271 e. The van der Waals surface area contributed by atoms with Crippen LogP contribution in [0.15, 0.2) is 53.9 Å². The molecule has 0 bridgehead atoms. The molecule has 0 saturated heterocycles. The molecule has 1 fully saturated rings. The molecular formula is C25H26ClN3O3S. The molecule has 1 heterocycles. The molecule has 0 spiro atoms. The molecule has 3 aromatic rings. The Morgan fingerprint density at radius 3 is 2.39 bits per heavy atom. The van der Waals surface area contributed by atoms with Gasteiger partial charge in [0.25, 0.3) is 11.8 Å². The van der Waals surface area contributed by atoms with E-state index >= 15 is 0 Å². The summed E-state index contributed by atoms with van der Waals surface area (Å²) in [5.74, 6) is 0.300. The van der Waals surface area contributed by atoms with E-state index in [1.54, 1.807) is 29.6 Å². The Balaban J connectivity index is 1.35. The number of benzene rings is 2. The first kappa shape index (κ1) is 23.3. The lowest BCUT2D eigenvalue weighted by molar-refractivity contribution is 0.0860. The van der Waals surface area contributed by atoms with Crippen LogP contribution in [0.5, 0.6) is 5.75 Å². The molecule has 1 aliphatic rings. The van der Waals surface area contributed by atoms with Crippen LogP contribution in [0.2, 0.25) is 5.02 Å². The van der Waals surface area contributed by atoms with Gasteiger partial charge in [-0.25, -0.2) is 4.98 Å². The monoisotopic (exact) mass is 483 g/mol. The van der Waals surface area contributed by atoms with Gasteiger partial charge in [-0.3, -0.25) is 9.59 Å². The molecule has 6 nitrogen and oxygen atoms in total. The molecule has 0 radical (unpaired) electrons. The van der Waals surface area contributed by atoms with E-state index in [1.165, 1.54) is 16.9 Å². The first-order valence-electron chi connectivity index (χ1n) is 11.0. The minimum absolute atomic E-state index is 0.158.